The van der Waals surface area contributed by atoms with Gasteiger partial charge in [0.15, 0.2) is 0 Å². The third kappa shape index (κ3) is 3.75. The highest BCUT2D eigenvalue weighted by Crippen LogP contribution is 2.20. The number of nitrogens with two attached hydrogens (primary N) is 1. The molecular formula is C15H11Cl2FN2O2. The summed E-state index contributed by atoms with van der Waals surface area (Å²) in [4.78, 5) is 23.2. The monoisotopic (exact) mass is 340 g/mol. The van der Waals surface area contributed by atoms with E-state index in [1.54, 1.807) is 24.3 Å². The molecule has 0 aliphatic rings. The number of primary amides is 1. The van der Waals surface area contributed by atoms with E-state index in [1.807, 2.05) is 0 Å². The van der Waals surface area contributed by atoms with Crippen LogP contribution < -0.4 is 11.1 Å². The molecule has 22 heavy (non-hydrogen) atoms. The SMILES string of the molecule is NC(=O)c1cc(C(=O)NCc2cccc(Cl)c2)c(F)cc1Cl. The van der Waals surface area contributed by atoms with Crippen molar-refractivity contribution in [2.45, 2.75) is 6.54 Å². The van der Waals surface area contributed by atoms with Crippen LogP contribution in [0.3, 0.4) is 0 Å². The van der Waals surface area contributed by atoms with Crippen molar-refractivity contribution >= 4 is 35.0 Å². The first kappa shape index (κ1) is 16.3. The van der Waals surface area contributed by atoms with Crippen LogP contribution in [0.4, 0.5) is 4.39 Å². The van der Waals surface area contributed by atoms with Crippen LogP contribution in [-0.4, -0.2) is 11.8 Å². The maximum atomic E-state index is 13.8. The summed E-state index contributed by atoms with van der Waals surface area (Å²) < 4.78 is 13.8. The van der Waals surface area contributed by atoms with Crippen LogP contribution in [0.2, 0.25) is 10.0 Å². The number of rotatable bonds is 4. The molecule has 114 valence electrons. The van der Waals surface area contributed by atoms with Gasteiger partial charge in [0.25, 0.3) is 5.91 Å². The van der Waals surface area contributed by atoms with E-state index in [-0.39, 0.29) is 22.7 Å². The molecule has 0 aliphatic heterocycles. The predicted octanol–water partition coefficient (Wildman–Crippen LogP) is 3.16. The van der Waals surface area contributed by atoms with E-state index in [2.05, 4.69) is 5.32 Å². The molecule has 0 saturated heterocycles. The lowest BCUT2D eigenvalue weighted by molar-refractivity contribution is 0.0947. The Balaban J connectivity index is 2.19. The molecule has 2 aromatic rings. The molecule has 2 amide bonds. The van der Waals surface area contributed by atoms with Crippen molar-refractivity contribution < 1.29 is 14.0 Å². The minimum absolute atomic E-state index is 0.115. The van der Waals surface area contributed by atoms with Gasteiger partial charge in [0.2, 0.25) is 5.91 Å². The second-order valence-corrected chi connectivity index (χ2v) is 5.33. The fourth-order valence-corrected chi connectivity index (χ4v) is 2.29. The minimum Gasteiger partial charge on any atom is -0.366 e. The average molecular weight is 341 g/mol. The molecule has 4 nitrogen and oxygen atoms in total. The summed E-state index contributed by atoms with van der Waals surface area (Å²) in [6.07, 6.45) is 0. The van der Waals surface area contributed by atoms with E-state index in [0.29, 0.717) is 5.02 Å². The Hall–Kier alpha value is -2.11. The summed E-state index contributed by atoms with van der Waals surface area (Å²) in [5.74, 6) is -2.36. The molecule has 7 heteroatoms. The smallest absolute Gasteiger partial charge is 0.254 e. The topological polar surface area (TPSA) is 72.2 Å². The van der Waals surface area contributed by atoms with Crippen molar-refractivity contribution in [1.29, 1.82) is 0 Å². The van der Waals surface area contributed by atoms with Crippen molar-refractivity contribution in [2.75, 3.05) is 0 Å². The lowest BCUT2D eigenvalue weighted by atomic mass is 10.1. The first-order valence-electron chi connectivity index (χ1n) is 6.20. The summed E-state index contributed by atoms with van der Waals surface area (Å²) in [7, 11) is 0. The van der Waals surface area contributed by atoms with E-state index in [4.69, 9.17) is 28.9 Å². The molecular weight excluding hydrogens is 330 g/mol. The van der Waals surface area contributed by atoms with E-state index in [0.717, 1.165) is 17.7 Å². The number of halogens is 3. The zero-order chi connectivity index (χ0) is 16.3. The quantitative estimate of drug-likeness (QED) is 0.897. The zero-order valence-corrected chi connectivity index (χ0v) is 12.7. The Bertz CT molecular complexity index is 750. The number of hydrogen-bond acceptors (Lipinski definition) is 2. The number of nitrogens with one attached hydrogen (secondary N) is 1. The van der Waals surface area contributed by atoms with Crippen LogP contribution >= 0.6 is 23.2 Å². The van der Waals surface area contributed by atoms with Crippen LogP contribution in [0.15, 0.2) is 36.4 Å². The largest absolute Gasteiger partial charge is 0.366 e. The van der Waals surface area contributed by atoms with Crippen LogP contribution in [0, 0.1) is 5.82 Å². The van der Waals surface area contributed by atoms with Gasteiger partial charge in [-0.2, -0.15) is 0 Å². The first-order chi connectivity index (χ1) is 10.4. The molecule has 0 aromatic heterocycles. The van der Waals surface area contributed by atoms with Crippen LogP contribution in [-0.2, 0) is 6.54 Å². The number of carbonyl (C=O) groups is 2. The summed E-state index contributed by atoms with van der Waals surface area (Å²) in [6.45, 7) is 0.160. The van der Waals surface area contributed by atoms with Gasteiger partial charge in [-0.05, 0) is 29.8 Å². The Labute approximate surface area is 136 Å². The molecule has 3 N–H and O–H groups in total. The first-order valence-corrected chi connectivity index (χ1v) is 6.95. The van der Waals surface area contributed by atoms with Gasteiger partial charge in [-0.3, -0.25) is 9.59 Å². The van der Waals surface area contributed by atoms with Crippen molar-refractivity contribution in [3.8, 4) is 0 Å². The Morgan fingerprint density at radius 2 is 1.86 bits per heavy atom. The Morgan fingerprint density at radius 3 is 2.50 bits per heavy atom. The maximum Gasteiger partial charge on any atom is 0.254 e. The number of carbonyl (C=O) groups excluding carboxylic acids is 2. The van der Waals surface area contributed by atoms with E-state index >= 15 is 0 Å². The number of hydrogen-bond donors (Lipinski definition) is 2. The van der Waals surface area contributed by atoms with Gasteiger partial charge in [-0.15, -0.1) is 0 Å². The standard InChI is InChI=1S/C15H11Cl2FN2O2/c16-9-3-1-2-8(4-9)7-20-15(22)11-5-10(14(19)21)12(17)6-13(11)18/h1-6H,7H2,(H2,19,21)(H,20,22). The van der Waals surface area contributed by atoms with Crippen molar-refractivity contribution in [3.05, 3.63) is 69.0 Å². The van der Waals surface area contributed by atoms with Crippen molar-refractivity contribution in [2.24, 2.45) is 5.73 Å². The second-order valence-electron chi connectivity index (χ2n) is 4.49. The molecule has 0 fully saturated rings. The van der Waals surface area contributed by atoms with E-state index in [9.17, 15) is 14.0 Å². The second kappa shape index (κ2) is 6.77. The third-order valence-electron chi connectivity index (χ3n) is 2.91. The summed E-state index contributed by atoms with van der Waals surface area (Å²) in [5.41, 5.74) is 5.46. The molecule has 0 aliphatic carbocycles. The molecule has 0 atom stereocenters. The molecule has 0 spiro atoms. The van der Waals surface area contributed by atoms with Gasteiger partial charge in [-0.25, -0.2) is 4.39 Å². The molecule has 2 rings (SSSR count). The van der Waals surface area contributed by atoms with Crippen LogP contribution in [0.5, 0.6) is 0 Å². The third-order valence-corrected chi connectivity index (χ3v) is 3.46. The highest BCUT2D eigenvalue weighted by atomic mass is 35.5. The molecule has 0 heterocycles. The van der Waals surface area contributed by atoms with Gasteiger partial charge in [0.05, 0.1) is 16.1 Å². The van der Waals surface area contributed by atoms with E-state index in [1.165, 1.54) is 0 Å². The lowest BCUT2D eigenvalue weighted by Gasteiger charge is -2.09. The summed E-state index contributed by atoms with van der Waals surface area (Å²) in [6, 6.07) is 8.79. The number of amides is 2. The van der Waals surface area contributed by atoms with Crippen LogP contribution in [0.1, 0.15) is 26.3 Å². The molecule has 0 saturated carbocycles. The minimum atomic E-state index is -0.839. The highest BCUT2D eigenvalue weighted by molar-refractivity contribution is 6.34. The van der Waals surface area contributed by atoms with Gasteiger partial charge in [0.1, 0.15) is 5.82 Å². The summed E-state index contributed by atoms with van der Waals surface area (Å²) >= 11 is 11.5. The average Bonchev–Trinajstić information content (AvgIpc) is 2.44. The predicted molar refractivity (Wildman–Crippen MR) is 82.6 cm³/mol. The maximum absolute atomic E-state index is 13.8. The molecule has 2 aromatic carbocycles. The van der Waals surface area contributed by atoms with Gasteiger partial charge >= 0.3 is 0 Å². The van der Waals surface area contributed by atoms with Gasteiger partial charge in [-0.1, -0.05) is 35.3 Å². The normalized spacial score (nSPS) is 10.3. The highest BCUT2D eigenvalue weighted by Gasteiger charge is 2.17. The summed E-state index contributed by atoms with van der Waals surface area (Å²) in [5, 5.41) is 2.92. The Kier molecular flexibility index (Phi) is 5.00. The van der Waals surface area contributed by atoms with Crippen molar-refractivity contribution in [1.82, 2.24) is 5.32 Å². The van der Waals surface area contributed by atoms with Crippen LogP contribution in [0.25, 0.3) is 0 Å². The van der Waals surface area contributed by atoms with Gasteiger partial charge in [0, 0.05) is 11.6 Å². The fourth-order valence-electron chi connectivity index (χ4n) is 1.84. The molecule has 0 radical (unpaired) electrons. The molecule has 0 bridgehead atoms. The molecule has 0 unspecified atom stereocenters. The Morgan fingerprint density at radius 1 is 1.14 bits per heavy atom. The fraction of sp³-hybridized carbons (Fsp3) is 0.0667. The van der Waals surface area contributed by atoms with E-state index < -0.39 is 17.6 Å². The van der Waals surface area contributed by atoms with Gasteiger partial charge < -0.3 is 11.1 Å². The number of benzene rings is 2. The lowest BCUT2D eigenvalue weighted by Crippen LogP contribution is -2.24. The van der Waals surface area contributed by atoms with Crippen molar-refractivity contribution in [3.63, 3.8) is 0 Å². The zero-order valence-electron chi connectivity index (χ0n) is 11.2.